The van der Waals surface area contributed by atoms with Gasteiger partial charge in [0.15, 0.2) is 0 Å². The molecular weight excluding hydrogens is 407 g/mol. The van der Waals surface area contributed by atoms with E-state index in [0.717, 1.165) is 28.8 Å². The highest BCUT2D eigenvalue weighted by molar-refractivity contribution is 5.98. The van der Waals surface area contributed by atoms with Crippen molar-refractivity contribution in [2.75, 3.05) is 31.1 Å². The Bertz CT molecular complexity index is 976. The van der Waals surface area contributed by atoms with Gasteiger partial charge in [-0.1, -0.05) is 45.0 Å². The van der Waals surface area contributed by atoms with E-state index in [1.807, 2.05) is 43.9 Å². The number of nitrogens with zero attached hydrogens (tertiary/aromatic N) is 2. The van der Waals surface area contributed by atoms with Crippen LogP contribution in [0.3, 0.4) is 0 Å². The maximum Gasteiger partial charge on any atom is 0.232 e. The van der Waals surface area contributed by atoms with Gasteiger partial charge in [-0.3, -0.25) is 4.79 Å². The SMILES string of the molecule is CC(C)(C)C(=O)N1CCc2cc(C(O)CN3CCC(O)(c4ccc(F)cc4)CC3)ccc21. The number of aliphatic hydroxyl groups excluding tert-OH is 1. The number of hydrogen-bond acceptors (Lipinski definition) is 4. The molecule has 32 heavy (non-hydrogen) atoms. The summed E-state index contributed by atoms with van der Waals surface area (Å²) in [5, 5.41) is 21.9. The van der Waals surface area contributed by atoms with Crippen molar-refractivity contribution in [3.63, 3.8) is 0 Å². The molecule has 2 heterocycles. The number of carbonyl (C=O) groups excluding carboxylic acids is 1. The van der Waals surface area contributed by atoms with Crippen LogP contribution in [0.4, 0.5) is 10.1 Å². The molecule has 1 fully saturated rings. The Balaban J connectivity index is 1.38. The fourth-order valence-corrected chi connectivity index (χ4v) is 4.75. The van der Waals surface area contributed by atoms with Crippen molar-refractivity contribution >= 4 is 11.6 Å². The lowest BCUT2D eigenvalue weighted by Gasteiger charge is -2.39. The number of rotatable bonds is 4. The van der Waals surface area contributed by atoms with E-state index in [1.54, 1.807) is 12.1 Å². The molecule has 4 rings (SSSR count). The Kier molecular flexibility index (Phi) is 6.14. The first kappa shape index (κ1) is 22.9. The van der Waals surface area contributed by atoms with Gasteiger partial charge in [-0.05, 0) is 54.2 Å². The average Bonchev–Trinajstić information content (AvgIpc) is 3.17. The summed E-state index contributed by atoms with van der Waals surface area (Å²) in [4.78, 5) is 16.7. The molecule has 2 N–H and O–H groups in total. The van der Waals surface area contributed by atoms with Gasteiger partial charge >= 0.3 is 0 Å². The minimum Gasteiger partial charge on any atom is -0.387 e. The third-order valence-corrected chi connectivity index (χ3v) is 6.77. The quantitative estimate of drug-likeness (QED) is 0.760. The molecule has 0 spiro atoms. The minimum absolute atomic E-state index is 0.117. The summed E-state index contributed by atoms with van der Waals surface area (Å²) in [6, 6.07) is 12.0. The van der Waals surface area contributed by atoms with Gasteiger partial charge in [0.2, 0.25) is 5.91 Å². The smallest absolute Gasteiger partial charge is 0.232 e. The van der Waals surface area contributed by atoms with E-state index in [2.05, 4.69) is 4.90 Å². The molecule has 6 heteroatoms. The molecule has 0 radical (unpaired) electrons. The highest BCUT2D eigenvalue weighted by Crippen LogP contribution is 2.35. The fraction of sp³-hybridized carbons (Fsp3) is 0.500. The maximum atomic E-state index is 13.2. The van der Waals surface area contributed by atoms with Gasteiger partial charge in [-0.25, -0.2) is 4.39 Å². The zero-order valence-electron chi connectivity index (χ0n) is 19.1. The summed E-state index contributed by atoms with van der Waals surface area (Å²) in [6.07, 6.45) is 1.25. The van der Waals surface area contributed by atoms with Gasteiger partial charge in [0.25, 0.3) is 0 Å². The van der Waals surface area contributed by atoms with Crippen molar-refractivity contribution in [2.24, 2.45) is 5.41 Å². The normalized spacial score (nSPS) is 19.6. The molecule has 5 nitrogen and oxygen atoms in total. The van der Waals surface area contributed by atoms with Gasteiger partial charge in [0.05, 0.1) is 11.7 Å². The number of benzene rings is 2. The largest absolute Gasteiger partial charge is 0.387 e. The number of amides is 1. The van der Waals surface area contributed by atoms with Crippen molar-refractivity contribution < 1.29 is 19.4 Å². The Hall–Kier alpha value is -2.28. The number of anilines is 1. The Morgan fingerprint density at radius 1 is 1.09 bits per heavy atom. The van der Waals surface area contributed by atoms with Gasteiger partial charge in [0, 0.05) is 37.3 Å². The van der Waals surface area contributed by atoms with E-state index in [1.165, 1.54) is 12.1 Å². The zero-order valence-corrected chi connectivity index (χ0v) is 19.1. The number of β-amino-alcohol motifs (C(OH)–C–C–N with tert-alkyl or cyclic N) is 1. The van der Waals surface area contributed by atoms with Gasteiger partial charge in [0.1, 0.15) is 5.82 Å². The number of piperidine rings is 1. The van der Waals surface area contributed by atoms with E-state index in [-0.39, 0.29) is 11.7 Å². The van der Waals surface area contributed by atoms with Crippen molar-refractivity contribution in [1.82, 2.24) is 4.90 Å². The monoisotopic (exact) mass is 440 g/mol. The summed E-state index contributed by atoms with van der Waals surface area (Å²) in [5.41, 5.74) is 2.27. The summed E-state index contributed by atoms with van der Waals surface area (Å²) in [6.45, 7) is 8.28. The lowest BCUT2D eigenvalue weighted by molar-refractivity contribution is -0.125. The maximum absolute atomic E-state index is 13.2. The predicted octanol–water partition coefficient (Wildman–Crippen LogP) is 3.78. The van der Waals surface area contributed by atoms with Crippen molar-refractivity contribution in [3.05, 3.63) is 65.0 Å². The highest BCUT2D eigenvalue weighted by Gasteiger charge is 2.35. The molecule has 1 unspecified atom stereocenters. The van der Waals surface area contributed by atoms with Crippen LogP contribution in [0.25, 0.3) is 0 Å². The van der Waals surface area contributed by atoms with Crippen LogP contribution in [-0.4, -0.2) is 47.2 Å². The van der Waals surface area contributed by atoms with Gasteiger partial charge in [-0.15, -0.1) is 0 Å². The van der Waals surface area contributed by atoms with E-state index >= 15 is 0 Å². The summed E-state index contributed by atoms with van der Waals surface area (Å²) >= 11 is 0. The van der Waals surface area contributed by atoms with Crippen molar-refractivity contribution in [1.29, 1.82) is 0 Å². The minimum atomic E-state index is -0.953. The van der Waals surface area contributed by atoms with E-state index in [0.29, 0.717) is 39.0 Å². The van der Waals surface area contributed by atoms with Crippen LogP contribution in [-0.2, 0) is 16.8 Å². The topological polar surface area (TPSA) is 64.0 Å². The molecule has 1 amide bonds. The van der Waals surface area contributed by atoms with Crippen LogP contribution in [0.15, 0.2) is 42.5 Å². The number of hydrogen-bond donors (Lipinski definition) is 2. The van der Waals surface area contributed by atoms with Gasteiger partial charge in [-0.2, -0.15) is 0 Å². The Morgan fingerprint density at radius 2 is 1.75 bits per heavy atom. The van der Waals surface area contributed by atoms with Crippen LogP contribution in [0.5, 0.6) is 0 Å². The second-order valence-corrected chi connectivity index (χ2v) is 10.2. The number of halogens is 1. The predicted molar refractivity (Wildman–Crippen MR) is 123 cm³/mol. The second kappa shape index (κ2) is 8.58. The molecule has 1 saturated heterocycles. The first-order valence-electron chi connectivity index (χ1n) is 11.4. The molecule has 1 atom stereocenters. The molecule has 2 aliphatic heterocycles. The molecule has 2 aromatic rings. The number of carbonyl (C=O) groups is 1. The third kappa shape index (κ3) is 4.58. The van der Waals surface area contributed by atoms with Crippen LogP contribution in [0.2, 0.25) is 0 Å². The van der Waals surface area contributed by atoms with E-state index in [9.17, 15) is 19.4 Å². The Morgan fingerprint density at radius 3 is 2.38 bits per heavy atom. The summed E-state index contributed by atoms with van der Waals surface area (Å²) in [7, 11) is 0. The van der Waals surface area contributed by atoms with Crippen LogP contribution >= 0.6 is 0 Å². The molecule has 172 valence electrons. The van der Waals surface area contributed by atoms with Crippen molar-refractivity contribution in [2.45, 2.75) is 51.7 Å². The molecule has 0 aliphatic carbocycles. The standard InChI is InChI=1S/C26H33FN2O3/c1-25(2,3)24(31)29-13-10-18-16-19(4-9-22(18)29)23(30)17-28-14-11-26(32,12-15-28)20-5-7-21(27)8-6-20/h4-9,16,23,30,32H,10-15,17H2,1-3H3. The fourth-order valence-electron chi connectivity index (χ4n) is 4.75. The van der Waals surface area contributed by atoms with Crippen molar-refractivity contribution in [3.8, 4) is 0 Å². The molecule has 2 aliphatic rings. The summed E-state index contributed by atoms with van der Waals surface area (Å²) < 4.78 is 13.2. The number of aliphatic hydroxyl groups is 2. The number of likely N-dealkylation sites (tertiary alicyclic amines) is 1. The van der Waals surface area contributed by atoms with Crippen LogP contribution in [0, 0.1) is 11.2 Å². The molecule has 2 aromatic carbocycles. The van der Waals surface area contributed by atoms with Crippen LogP contribution in [0.1, 0.15) is 56.4 Å². The summed E-state index contributed by atoms with van der Waals surface area (Å²) in [5.74, 6) is -0.190. The third-order valence-electron chi connectivity index (χ3n) is 6.77. The lowest BCUT2D eigenvalue weighted by atomic mass is 9.84. The van der Waals surface area contributed by atoms with Gasteiger partial charge < -0.3 is 20.0 Å². The number of fused-ring (bicyclic) bond motifs is 1. The molecule has 0 aromatic heterocycles. The zero-order chi connectivity index (χ0) is 23.1. The first-order valence-corrected chi connectivity index (χ1v) is 11.4. The Labute approximate surface area is 189 Å². The molecule has 0 saturated carbocycles. The van der Waals surface area contributed by atoms with E-state index < -0.39 is 17.1 Å². The van der Waals surface area contributed by atoms with E-state index in [4.69, 9.17) is 0 Å². The highest BCUT2D eigenvalue weighted by atomic mass is 19.1. The second-order valence-electron chi connectivity index (χ2n) is 10.2. The first-order chi connectivity index (χ1) is 15.1. The lowest BCUT2D eigenvalue weighted by Crippen LogP contribution is -2.44. The average molecular weight is 441 g/mol. The van der Waals surface area contributed by atoms with Crippen LogP contribution < -0.4 is 4.90 Å². The molecular formula is C26H33FN2O3. The molecule has 0 bridgehead atoms.